The van der Waals surface area contributed by atoms with Crippen molar-refractivity contribution in [2.75, 3.05) is 0 Å². The normalized spacial score (nSPS) is 12.7. The molecule has 1 atom stereocenters. The summed E-state index contributed by atoms with van der Waals surface area (Å²) in [7, 11) is 0. The van der Waals surface area contributed by atoms with Gasteiger partial charge in [0.25, 0.3) is 0 Å². The van der Waals surface area contributed by atoms with Crippen LogP contribution in [-0.2, 0) is 0 Å². The molecule has 0 aliphatic carbocycles. The molecule has 0 saturated heterocycles. The fourth-order valence-electron chi connectivity index (χ4n) is 1.48. The summed E-state index contributed by atoms with van der Waals surface area (Å²) in [6, 6.07) is 4.54. The lowest BCUT2D eigenvalue weighted by atomic mass is 10.0. The Kier molecular flexibility index (Phi) is 2.93. The highest BCUT2D eigenvalue weighted by Gasteiger charge is 2.16. The summed E-state index contributed by atoms with van der Waals surface area (Å²) >= 11 is 0. The van der Waals surface area contributed by atoms with E-state index >= 15 is 0 Å². The van der Waals surface area contributed by atoms with Crippen LogP contribution in [-0.4, -0.2) is 15.2 Å². The van der Waals surface area contributed by atoms with Gasteiger partial charge < -0.3 is 0 Å². The van der Waals surface area contributed by atoms with E-state index in [4.69, 9.17) is 5.84 Å². The van der Waals surface area contributed by atoms with Crippen LogP contribution >= 0.6 is 0 Å². The molecule has 0 amide bonds. The summed E-state index contributed by atoms with van der Waals surface area (Å²) in [5, 5.41) is 6.43. The molecule has 1 unspecified atom stereocenters. The molecule has 0 radical (unpaired) electrons. The van der Waals surface area contributed by atoms with E-state index in [2.05, 4.69) is 20.6 Å². The first kappa shape index (κ1) is 10.7. The van der Waals surface area contributed by atoms with Crippen molar-refractivity contribution in [3.63, 3.8) is 0 Å². The van der Waals surface area contributed by atoms with Gasteiger partial charge in [0.2, 0.25) is 0 Å². The van der Waals surface area contributed by atoms with Crippen LogP contribution in [0.15, 0.2) is 24.5 Å². The number of benzene rings is 1. The number of nitrogens with two attached hydrogens (primary N) is 1. The van der Waals surface area contributed by atoms with Crippen molar-refractivity contribution in [2.24, 2.45) is 5.84 Å². The zero-order valence-electron chi connectivity index (χ0n) is 8.74. The van der Waals surface area contributed by atoms with Gasteiger partial charge in [-0.2, -0.15) is 5.10 Å². The van der Waals surface area contributed by atoms with Gasteiger partial charge in [-0.3, -0.25) is 10.9 Å². The molecule has 1 aromatic carbocycles. The smallest absolute Gasteiger partial charge is 0.147 e. The van der Waals surface area contributed by atoms with Crippen LogP contribution in [0.4, 0.5) is 4.39 Å². The summed E-state index contributed by atoms with van der Waals surface area (Å²) in [5.41, 5.74) is 3.86. The van der Waals surface area contributed by atoms with Crippen LogP contribution in [0.5, 0.6) is 0 Å². The highest BCUT2D eigenvalue weighted by atomic mass is 19.1. The van der Waals surface area contributed by atoms with Gasteiger partial charge in [0.1, 0.15) is 24.0 Å². The van der Waals surface area contributed by atoms with Crippen LogP contribution < -0.4 is 11.3 Å². The third kappa shape index (κ3) is 1.93. The Morgan fingerprint density at radius 3 is 2.88 bits per heavy atom. The van der Waals surface area contributed by atoms with Crippen LogP contribution in [0.3, 0.4) is 0 Å². The standard InChI is InChI=1S/C10H12FN5/c1-6-2-3-7(4-8(6)11)9(15-12)10-13-5-14-16-10/h2-5,9,15H,12H2,1H3,(H,13,14,16). The van der Waals surface area contributed by atoms with E-state index in [0.717, 1.165) is 0 Å². The minimum absolute atomic E-state index is 0.266. The number of hydrazine groups is 1. The summed E-state index contributed by atoms with van der Waals surface area (Å²) in [6.07, 6.45) is 1.38. The van der Waals surface area contributed by atoms with E-state index in [0.29, 0.717) is 17.0 Å². The first-order chi connectivity index (χ1) is 7.72. The molecule has 16 heavy (non-hydrogen) atoms. The number of aryl methyl sites for hydroxylation is 1. The number of aromatic amines is 1. The second-order valence-corrected chi connectivity index (χ2v) is 3.48. The van der Waals surface area contributed by atoms with Crippen molar-refractivity contribution < 1.29 is 4.39 Å². The molecule has 0 fully saturated rings. The highest BCUT2D eigenvalue weighted by Crippen LogP contribution is 2.19. The van der Waals surface area contributed by atoms with Crippen LogP contribution in [0.1, 0.15) is 23.0 Å². The lowest BCUT2D eigenvalue weighted by Crippen LogP contribution is -2.29. The average Bonchev–Trinajstić information content (AvgIpc) is 2.78. The predicted molar refractivity (Wildman–Crippen MR) is 56.7 cm³/mol. The fraction of sp³-hybridized carbons (Fsp3) is 0.200. The van der Waals surface area contributed by atoms with Crippen LogP contribution in [0, 0.1) is 12.7 Å². The van der Waals surface area contributed by atoms with E-state index < -0.39 is 6.04 Å². The second-order valence-electron chi connectivity index (χ2n) is 3.48. The molecule has 84 valence electrons. The number of hydrogen-bond acceptors (Lipinski definition) is 4. The number of rotatable bonds is 3. The predicted octanol–water partition coefficient (Wildman–Crippen LogP) is 0.805. The van der Waals surface area contributed by atoms with Crippen LogP contribution in [0.2, 0.25) is 0 Å². The third-order valence-electron chi connectivity index (χ3n) is 2.40. The molecule has 4 N–H and O–H groups in total. The molecule has 0 spiro atoms. The zero-order valence-corrected chi connectivity index (χ0v) is 8.74. The van der Waals surface area contributed by atoms with E-state index in [9.17, 15) is 4.39 Å². The lowest BCUT2D eigenvalue weighted by Gasteiger charge is -2.13. The summed E-state index contributed by atoms with van der Waals surface area (Å²) in [4.78, 5) is 3.98. The molecule has 6 heteroatoms. The van der Waals surface area contributed by atoms with Gasteiger partial charge in [0, 0.05) is 0 Å². The maximum Gasteiger partial charge on any atom is 0.147 e. The van der Waals surface area contributed by atoms with Gasteiger partial charge in [-0.15, -0.1) is 0 Å². The molecule has 5 nitrogen and oxygen atoms in total. The SMILES string of the molecule is Cc1ccc(C(NN)c2ncn[nH]2)cc1F. The highest BCUT2D eigenvalue weighted by molar-refractivity contribution is 5.28. The Morgan fingerprint density at radius 2 is 2.31 bits per heavy atom. The molecular formula is C10H12FN5. The maximum atomic E-state index is 13.4. The van der Waals surface area contributed by atoms with Gasteiger partial charge in [0.05, 0.1) is 0 Å². The van der Waals surface area contributed by atoms with Crippen molar-refractivity contribution in [1.29, 1.82) is 0 Å². The Balaban J connectivity index is 2.37. The Morgan fingerprint density at radius 1 is 1.50 bits per heavy atom. The minimum Gasteiger partial charge on any atom is -0.270 e. The van der Waals surface area contributed by atoms with Crippen molar-refractivity contribution in [3.05, 3.63) is 47.3 Å². The van der Waals surface area contributed by atoms with Crippen molar-refractivity contribution in [3.8, 4) is 0 Å². The number of H-pyrrole nitrogens is 1. The first-order valence-electron chi connectivity index (χ1n) is 4.80. The van der Waals surface area contributed by atoms with Gasteiger partial charge >= 0.3 is 0 Å². The summed E-state index contributed by atoms with van der Waals surface area (Å²) in [5.74, 6) is 5.70. The fourth-order valence-corrected chi connectivity index (χ4v) is 1.48. The molecule has 0 bridgehead atoms. The van der Waals surface area contributed by atoms with Crippen molar-refractivity contribution >= 4 is 0 Å². The third-order valence-corrected chi connectivity index (χ3v) is 2.40. The van der Waals surface area contributed by atoms with Gasteiger partial charge in [-0.1, -0.05) is 12.1 Å². The maximum absolute atomic E-state index is 13.4. The van der Waals surface area contributed by atoms with Gasteiger partial charge in [0.15, 0.2) is 0 Å². The Labute approximate surface area is 91.9 Å². The van der Waals surface area contributed by atoms with E-state index in [-0.39, 0.29) is 5.82 Å². The monoisotopic (exact) mass is 221 g/mol. The van der Waals surface area contributed by atoms with Crippen LogP contribution in [0.25, 0.3) is 0 Å². The quantitative estimate of drug-likeness (QED) is 0.529. The molecule has 1 aromatic heterocycles. The first-order valence-corrected chi connectivity index (χ1v) is 4.80. The van der Waals surface area contributed by atoms with Crippen molar-refractivity contribution in [1.82, 2.24) is 20.6 Å². The Bertz CT molecular complexity index is 468. The molecular weight excluding hydrogens is 209 g/mol. The van der Waals surface area contributed by atoms with Gasteiger partial charge in [-0.25, -0.2) is 14.8 Å². The molecule has 0 saturated carbocycles. The molecule has 1 heterocycles. The van der Waals surface area contributed by atoms with E-state index in [1.807, 2.05) is 0 Å². The molecule has 0 aliphatic heterocycles. The number of halogens is 1. The lowest BCUT2D eigenvalue weighted by molar-refractivity contribution is 0.584. The molecule has 2 aromatic rings. The Hall–Kier alpha value is -1.79. The van der Waals surface area contributed by atoms with E-state index in [1.54, 1.807) is 19.1 Å². The molecule has 0 aliphatic rings. The summed E-state index contributed by atoms with van der Waals surface area (Å²) < 4.78 is 13.4. The topological polar surface area (TPSA) is 79.6 Å². The number of aromatic nitrogens is 3. The van der Waals surface area contributed by atoms with E-state index in [1.165, 1.54) is 12.4 Å². The summed E-state index contributed by atoms with van der Waals surface area (Å²) in [6.45, 7) is 1.71. The number of nitrogens with zero attached hydrogens (tertiary/aromatic N) is 2. The van der Waals surface area contributed by atoms with Gasteiger partial charge in [-0.05, 0) is 24.1 Å². The molecule has 2 rings (SSSR count). The average molecular weight is 221 g/mol. The number of nitrogens with one attached hydrogen (secondary N) is 2. The van der Waals surface area contributed by atoms with Crippen molar-refractivity contribution in [2.45, 2.75) is 13.0 Å². The second kappa shape index (κ2) is 4.38. The number of hydrogen-bond donors (Lipinski definition) is 3. The minimum atomic E-state index is -0.391. The largest absolute Gasteiger partial charge is 0.270 e. The zero-order chi connectivity index (χ0) is 11.5.